The fourth-order valence-corrected chi connectivity index (χ4v) is 4.10. The molecule has 2 aromatic rings. The lowest BCUT2D eigenvalue weighted by molar-refractivity contribution is 0.489. The Labute approximate surface area is 137 Å². The predicted molar refractivity (Wildman–Crippen MR) is 95.8 cm³/mol. The number of hydrogen-bond donors (Lipinski definition) is 1. The van der Waals surface area contributed by atoms with Crippen molar-refractivity contribution in [1.29, 1.82) is 0 Å². The highest BCUT2D eigenvalue weighted by atomic mass is 32.1. The highest BCUT2D eigenvalue weighted by Crippen LogP contribution is 2.48. The predicted octanol–water partition coefficient (Wildman–Crippen LogP) is 4.30. The Bertz CT molecular complexity index is 743. The Morgan fingerprint density at radius 1 is 1.41 bits per heavy atom. The molecule has 1 aromatic carbocycles. The summed E-state index contributed by atoms with van der Waals surface area (Å²) in [5.74, 6) is 0.548. The van der Waals surface area contributed by atoms with E-state index in [1.807, 2.05) is 20.2 Å². The van der Waals surface area contributed by atoms with Gasteiger partial charge in [-0.3, -0.25) is 4.68 Å². The maximum atomic E-state index is 5.61. The largest absolute Gasteiger partial charge is 0.346 e. The summed E-state index contributed by atoms with van der Waals surface area (Å²) < 4.78 is 1.81. The minimum absolute atomic E-state index is 0.234. The molecule has 1 aliphatic carbocycles. The number of anilines is 1. The number of benzene rings is 1. The first kappa shape index (κ1) is 15.2. The first-order chi connectivity index (χ1) is 10.3. The lowest BCUT2D eigenvalue weighted by Crippen LogP contribution is -2.14. The monoisotopic (exact) mass is 313 g/mol. The molecule has 0 radical (unpaired) electrons. The molecule has 0 amide bonds. The molecule has 0 bridgehead atoms. The van der Waals surface area contributed by atoms with Crippen molar-refractivity contribution in [2.45, 2.75) is 45.4 Å². The summed E-state index contributed by atoms with van der Waals surface area (Å²) in [6.07, 6.45) is 3.15. The van der Waals surface area contributed by atoms with E-state index in [2.05, 4.69) is 49.4 Å². The topological polar surface area (TPSA) is 29.9 Å². The number of aryl methyl sites for hydroxylation is 2. The quantitative estimate of drug-likeness (QED) is 0.838. The van der Waals surface area contributed by atoms with Crippen LogP contribution in [0.2, 0.25) is 0 Å². The van der Waals surface area contributed by atoms with Crippen LogP contribution in [0.3, 0.4) is 0 Å². The maximum Gasteiger partial charge on any atom is 0.114 e. The van der Waals surface area contributed by atoms with E-state index in [4.69, 9.17) is 12.2 Å². The van der Waals surface area contributed by atoms with Crippen molar-refractivity contribution in [3.8, 4) is 0 Å². The van der Waals surface area contributed by atoms with Gasteiger partial charge in [-0.05, 0) is 41.9 Å². The Kier molecular flexibility index (Phi) is 3.60. The molecule has 22 heavy (non-hydrogen) atoms. The SMILES string of the molecule is Cc1nn(C)cc1C(=S)Nc1cccc2c1C(C)CC2(C)C. The van der Waals surface area contributed by atoms with E-state index in [0.717, 1.165) is 21.9 Å². The van der Waals surface area contributed by atoms with E-state index >= 15 is 0 Å². The highest BCUT2D eigenvalue weighted by molar-refractivity contribution is 7.81. The molecule has 1 aliphatic rings. The summed E-state index contributed by atoms with van der Waals surface area (Å²) in [6.45, 7) is 8.94. The van der Waals surface area contributed by atoms with Gasteiger partial charge in [0.1, 0.15) is 4.99 Å². The van der Waals surface area contributed by atoms with Crippen molar-refractivity contribution in [1.82, 2.24) is 9.78 Å². The number of fused-ring (bicyclic) bond motifs is 1. The molecule has 0 saturated heterocycles. The average molecular weight is 313 g/mol. The highest BCUT2D eigenvalue weighted by Gasteiger charge is 2.36. The molecule has 1 N–H and O–H groups in total. The van der Waals surface area contributed by atoms with Crippen molar-refractivity contribution in [2.24, 2.45) is 7.05 Å². The van der Waals surface area contributed by atoms with Gasteiger partial charge in [-0.25, -0.2) is 0 Å². The molecule has 0 aliphatic heterocycles. The van der Waals surface area contributed by atoms with Crippen LogP contribution in [-0.4, -0.2) is 14.8 Å². The number of hydrogen-bond acceptors (Lipinski definition) is 2. The average Bonchev–Trinajstić information content (AvgIpc) is 2.87. The fourth-order valence-electron chi connectivity index (χ4n) is 3.78. The molecule has 3 rings (SSSR count). The number of aromatic nitrogens is 2. The van der Waals surface area contributed by atoms with Crippen LogP contribution in [0.25, 0.3) is 0 Å². The van der Waals surface area contributed by atoms with Crippen LogP contribution in [0.15, 0.2) is 24.4 Å². The standard InChI is InChI=1S/C18H23N3S/c1-11-9-18(3,4)14-7-6-8-15(16(11)14)19-17(22)13-10-21(5)20-12(13)2/h6-8,10-11H,9H2,1-5H3,(H,19,22). The van der Waals surface area contributed by atoms with Gasteiger partial charge in [-0.1, -0.05) is 45.1 Å². The molecule has 3 nitrogen and oxygen atoms in total. The fraction of sp³-hybridized carbons (Fsp3) is 0.444. The summed E-state index contributed by atoms with van der Waals surface area (Å²) in [6, 6.07) is 6.51. The molecule has 1 aromatic heterocycles. The van der Waals surface area contributed by atoms with Crippen LogP contribution in [0, 0.1) is 6.92 Å². The van der Waals surface area contributed by atoms with Crippen molar-refractivity contribution in [3.63, 3.8) is 0 Å². The number of rotatable bonds is 2. The third-order valence-corrected chi connectivity index (χ3v) is 4.97. The van der Waals surface area contributed by atoms with Gasteiger partial charge >= 0.3 is 0 Å². The molecular formula is C18H23N3S. The Balaban J connectivity index is 1.96. The summed E-state index contributed by atoms with van der Waals surface area (Å²) in [4.78, 5) is 0.746. The lowest BCUT2D eigenvalue weighted by Gasteiger charge is -2.19. The van der Waals surface area contributed by atoms with Gasteiger partial charge in [0.15, 0.2) is 0 Å². The van der Waals surface area contributed by atoms with E-state index in [-0.39, 0.29) is 5.41 Å². The molecular weight excluding hydrogens is 290 g/mol. The van der Waals surface area contributed by atoms with Gasteiger partial charge in [0.2, 0.25) is 0 Å². The Morgan fingerprint density at radius 3 is 2.77 bits per heavy atom. The first-order valence-corrected chi connectivity index (χ1v) is 8.15. The lowest BCUT2D eigenvalue weighted by atomic mass is 9.86. The van der Waals surface area contributed by atoms with Crippen molar-refractivity contribution < 1.29 is 0 Å². The van der Waals surface area contributed by atoms with Crippen molar-refractivity contribution >= 4 is 22.9 Å². The zero-order chi connectivity index (χ0) is 16.1. The smallest absolute Gasteiger partial charge is 0.114 e. The second-order valence-corrected chi connectivity index (χ2v) is 7.42. The summed E-state index contributed by atoms with van der Waals surface area (Å²) >= 11 is 5.61. The minimum atomic E-state index is 0.234. The van der Waals surface area contributed by atoms with Crippen LogP contribution in [0.5, 0.6) is 0 Å². The normalized spacial score (nSPS) is 19.0. The van der Waals surface area contributed by atoms with Gasteiger partial charge in [0.05, 0.1) is 11.3 Å². The second kappa shape index (κ2) is 5.20. The summed E-state index contributed by atoms with van der Waals surface area (Å²) in [5, 5.41) is 7.83. The van der Waals surface area contributed by atoms with Gasteiger partial charge < -0.3 is 5.32 Å². The van der Waals surface area contributed by atoms with Gasteiger partial charge in [-0.2, -0.15) is 5.10 Å². The Hall–Kier alpha value is -1.68. The maximum absolute atomic E-state index is 5.61. The van der Waals surface area contributed by atoms with Crippen LogP contribution < -0.4 is 5.32 Å². The van der Waals surface area contributed by atoms with Gasteiger partial charge in [0.25, 0.3) is 0 Å². The molecule has 1 heterocycles. The molecule has 1 atom stereocenters. The minimum Gasteiger partial charge on any atom is -0.346 e. The summed E-state index contributed by atoms with van der Waals surface area (Å²) in [7, 11) is 1.92. The molecule has 1 unspecified atom stereocenters. The van der Waals surface area contributed by atoms with Gasteiger partial charge in [0, 0.05) is 18.9 Å². The number of thiocarbonyl (C=S) groups is 1. The molecule has 0 spiro atoms. The third kappa shape index (κ3) is 2.45. The Morgan fingerprint density at radius 2 is 2.14 bits per heavy atom. The molecule has 4 heteroatoms. The van der Waals surface area contributed by atoms with E-state index in [9.17, 15) is 0 Å². The van der Waals surface area contributed by atoms with E-state index in [1.54, 1.807) is 4.68 Å². The zero-order valence-electron chi connectivity index (χ0n) is 13.9. The van der Waals surface area contributed by atoms with Crippen molar-refractivity contribution in [3.05, 3.63) is 46.8 Å². The van der Waals surface area contributed by atoms with E-state index in [1.165, 1.54) is 17.5 Å². The third-order valence-electron chi connectivity index (χ3n) is 4.65. The van der Waals surface area contributed by atoms with Gasteiger partial charge in [-0.15, -0.1) is 0 Å². The van der Waals surface area contributed by atoms with Crippen molar-refractivity contribution in [2.75, 3.05) is 5.32 Å². The van der Waals surface area contributed by atoms with Crippen LogP contribution in [-0.2, 0) is 12.5 Å². The van der Waals surface area contributed by atoms with E-state index in [0.29, 0.717) is 5.92 Å². The molecule has 116 valence electrons. The zero-order valence-corrected chi connectivity index (χ0v) is 14.7. The van der Waals surface area contributed by atoms with Crippen LogP contribution in [0.1, 0.15) is 55.5 Å². The van der Waals surface area contributed by atoms with Crippen LogP contribution in [0.4, 0.5) is 5.69 Å². The number of nitrogens with one attached hydrogen (secondary N) is 1. The summed E-state index contributed by atoms with van der Waals surface area (Å²) in [5.41, 5.74) is 6.19. The van der Waals surface area contributed by atoms with E-state index < -0.39 is 0 Å². The number of nitrogens with zero attached hydrogens (tertiary/aromatic N) is 2. The van der Waals surface area contributed by atoms with Crippen LogP contribution >= 0.6 is 12.2 Å². The molecule has 0 fully saturated rings. The molecule has 0 saturated carbocycles. The first-order valence-electron chi connectivity index (χ1n) is 7.74. The second-order valence-electron chi connectivity index (χ2n) is 7.01.